The first-order valence-electron chi connectivity index (χ1n) is 10.8. The molecular weight excluding hydrogens is 464 g/mol. The monoisotopic (exact) mass is 486 g/mol. The number of hydrogen-bond acceptors (Lipinski definition) is 7. The Balaban J connectivity index is 1.22. The van der Waals surface area contributed by atoms with Gasteiger partial charge in [-0.3, -0.25) is 24.1 Å². The van der Waals surface area contributed by atoms with E-state index >= 15 is 0 Å². The number of pyridine rings is 1. The molecule has 0 atom stereocenters. The Morgan fingerprint density at radius 3 is 2.35 bits per heavy atom. The van der Waals surface area contributed by atoms with Crippen LogP contribution in [0.3, 0.4) is 0 Å². The van der Waals surface area contributed by atoms with E-state index in [1.54, 1.807) is 24.3 Å². The van der Waals surface area contributed by atoms with Gasteiger partial charge in [-0.25, -0.2) is 4.98 Å². The number of carbonyl (C=O) groups is 4. The molecule has 2 aliphatic rings. The van der Waals surface area contributed by atoms with Crippen molar-refractivity contribution in [3.8, 4) is 0 Å². The average molecular weight is 487 g/mol. The maximum absolute atomic E-state index is 12.6. The molecule has 1 aromatic heterocycles. The van der Waals surface area contributed by atoms with Crippen LogP contribution < -0.4 is 10.6 Å². The maximum atomic E-state index is 12.6. The van der Waals surface area contributed by atoms with E-state index in [2.05, 4.69) is 15.6 Å². The van der Waals surface area contributed by atoms with Crippen molar-refractivity contribution in [3.63, 3.8) is 0 Å². The van der Waals surface area contributed by atoms with Gasteiger partial charge in [0, 0.05) is 25.6 Å². The van der Waals surface area contributed by atoms with Crippen molar-refractivity contribution in [2.24, 2.45) is 0 Å². The molecule has 0 radical (unpaired) electrons. The van der Waals surface area contributed by atoms with Crippen LogP contribution in [0.5, 0.6) is 0 Å². The summed E-state index contributed by atoms with van der Waals surface area (Å²) in [6, 6.07) is 8.98. The highest BCUT2D eigenvalue weighted by Crippen LogP contribution is 2.26. The van der Waals surface area contributed by atoms with Gasteiger partial charge in [-0.1, -0.05) is 23.7 Å². The van der Waals surface area contributed by atoms with Gasteiger partial charge >= 0.3 is 0 Å². The number of nitrogens with one attached hydrogen (secondary N) is 2. The Labute approximate surface area is 200 Å². The number of imide groups is 1. The first-order valence-corrected chi connectivity index (χ1v) is 11.1. The zero-order valence-corrected chi connectivity index (χ0v) is 19.1. The third-order valence-corrected chi connectivity index (χ3v) is 5.75. The molecule has 4 amide bonds. The number of carbonyl (C=O) groups excluding carboxylic acids is 4. The highest BCUT2D eigenvalue weighted by atomic mass is 35.5. The summed E-state index contributed by atoms with van der Waals surface area (Å²) < 4.78 is 11.4. The maximum Gasteiger partial charge on any atom is 0.269 e. The van der Waals surface area contributed by atoms with Crippen LogP contribution in [0.1, 0.15) is 54.4 Å². The topological polar surface area (TPSA) is 127 Å². The van der Waals surface area contributed by atoms with Crippen LogP contribution in [-0.2, 0) is 9.47 Å². The van der Waals surface area contributed by atoms with Gasteiger partial charge in [-0.2, -0.15) is 0 Å². The number of amides is 4. The number of benzene rings is 1. The van der Waals surface area contributed by atoms with E-state index in [9.17, 15) is 19.2 Å². The second-order valence-electron chi connectivity index (χ2n) is 7.82. The minimum atomic E-state index is -0.501. The van der Waals surface area contributed by atoms with E-state index in [1.807, 2.05) is 0 Å². The Hall–Kier alpha value is -3.34. The quantitative estimate of drug-likeness (QED) is 0.346. The summed E-state index contributed by atoms with van der Waals surface area (Å²) in [6.45, 7) is 0.708. The van der Waals surface area contributed by atoms with E-state index in [4.69, 9.17) is 21.1 Å². The van der Waals surface area contributed by atoms with Crippen LogP contribution in [0.25, 0.3) is 0 Å². The summed E-state index contributed by atoms with van der Waals surface area (Å²) in [4.78, 5) is 54.4. The predicted molar refractivity (Wildman–Crippen MR) is 121 cm³/mol. The summed E-state index contributed by atoms with van der Waals surface area (Å²) in [5.74, 6) is -1.50. The second-order valence-corrected chi connectivity index (χ2v) is 8.20. The molecule has 178 valence electrons. The molecule has 11 heteroatoms. The number of halogens is 1. The number of ether oxygens (including phenoxy) is 2. The molecule has 2 aliphatic heterocycles. The van der Waals surface area contributed by atoms with Gasteiger partial charge in [0.15, 0.2) is 6.29 Å². The van der Waals surface area contributed by atoms with Crippen LogP contribution in [-0.4, -0.2) is 72.7 Å². The lowest BCUT2D eigenvalue weighted by Gasteiger charge is -2.33. The first kappa shape index (κ1) is 23.8. The lowest BCUT2D eigenvalue weighted by Crippen LogP contribution is -2.49. The van der Waals surface area contributed by atoms with Gasteiger partial charge in [0.1, 0.15) is 10.8 Å². The normalized spacial score (nSPS) is 19.6. The number of aromatic nitrogens is 1. The minimum absolute atomic E-state index is 0.0443. The zero-order chi connectivity index (χ0) is 24.2. The van der Waals surface area contributed by atoms with E-state index in [-0.39, 0.29) is 47.3 Å². The Morgan fingerprint density at radius 1 is 1.09 bits per heavy atom. The molecule has 1 saturated heterocycles. The molecule has 4 rings (SSSR count). The van der Waals surface area contributed by atoms with Crippen LogP contribution in [0.4, 0.5) is 0 Å². The highest BCUT2D eigenvalue weighted by molar-refractivity contribution is 6.30. The van der Waals surface area contributed by atoms with Crippen molar-refractivity contribution >= 4 is 35.2 Å². The van der Waals surface area contributed by atoms with Gasteiger partial charge < -0.3 is 20.1 Å². The van der Waals surface area contributed by atoms with E-state index in [0.29, 0.717) is 30.5 Å². The molecule has 0 saturated carbocycles. The van der Waals surface area contributed by atoms with Crippen LogP contribution in [0, 0.1) is 0 Å². The van der Waals surface area contributed by atoms with Crippen LogP contribution in [0.2, 0.25) is 5.15 Å². The van der Waals surface area contributed by atoms with Gasteiger partial charge in [0.2, 0.25) is 0 Å². The summed E-state index contributed by atoms with van der Waals surface area (Å²) in [5, 5.41) is 5.24. The fourth-order valence-corrected chi connectivity index (χ4v) is 4.04. The molecule has 0 aliphatic carbocycles. The number of rotatable bonds is 7. The molecule has 10 nitrogen and oxygen atoms in total. The van der Waals surface area contributed by atoms with Crippen LogP contribution >= 0.6 is 11.6 Å². The summed E-state index contributed by atoms with van der Waals surface area (Å²) >= 11 is 5.91. The van der Waals surface area contributed by atoms with Gasteiger partial charge in [-0.15, -0.1) is 0 Å². The summed E-state index contributed by atoms with van der Waals surface area (Å²) in [7, 11) is 1.46. The van der Waals surface area contributed by atoms with Gasteiger partial charge in [0.25, 0.3) is 23.6 Å². The third kappa shape index (κ3) is 4.93. The number of fused-ring (bicyclic) bond motifs is 1. The number of hydrogen-bond donors (Lipinski definition) is 2. The van der Waals surface area contributed by atoms with Crippen molar-refractivity contribution in [1.82, 2.24) is 20.5 Å². The zero-order valence-electron chi connectivity index (χ0n) is 18.4. The standard InChI is InChI=1S/C23H23ClN4O6/c1-25-21(30)17-9-13(10-18(24)27-17)20(29)26-8-4-7-19-33-11-14(12-34-19)28-22(31)15-5-2-3-6-16(15)23(28)32/h2-3,5-6,9-10,14,19H,4,7-8,11-12H2,1H3,(H,25,30)(H,26,29)/t14-,19-. The molecule has 34 heavy (non-hydrogen) atoms. The van der Waals surface area contributed by atoms with Crippen molar-refractivity contribution in [2.45, 2.75) is 25.2 Å². The van der Waals surface area contributed by atoms with Crippen molar-refractivity contribution in [1.29, 1.82) is 0 Å². The molecule has 2 aromatic rings. The fourth-order valence-electron chi connectivity index (χ4n) is 3.83. The minimum Gasteiger partial charge on any atom is -0.354 e. The molecule has 1 aromatic carbocycles. The third-order valence-electron chi connectivity index (χ3n) is 5.56. The average Bonchev–Trinajstić information content (AvgIpc) is 3.11. The Bertz CT molecular complexity index is 1100. The SMILES string of the molecule is CNC(=O)c1cc(C(=O)NCCC[C@H]2OC[C@H](N3C(=O)c4ccccc4C3=O)CO2)cc(Cl)n1. The largest absolute Gasteiger partial charge is 0.354 e. The molecule has 0 bridgehead atoms. The van der Waals surface area contributed by atoms with Crippen molar-refractivity contribution < 1.29 is 28.7 Å². The summed E-state index contributed by atoms with van der Waals surface area (Å²) in [6.07, 6.45) is 0.573. The Kier molecular flexibility index (Phi) is 7.20. The Morgan fingerprint density at radius 2 is 1.74 bits per heavy atom. The van der Waals surface area contributed by atoms with E-state index in [0.717, 1.165) is 0 Å². The summed E-state index contributed by atoms with van der Waals surface area (Å²) in [5.41, 5.74) is 1.07. The first-order chi connectivity index (χ1) is 16.4. The highest BCUT2D eigenvalue weighted by Gasteiger charge is 2.41. The van der Waals surface area contributed by atoms with Crippen molar-refractivity contribution in [3.05, 3.63) is 63.9 Å². The van der Waals surface area contributed by atoms with Gasteiger partial charge in [0.05, 0.1) is 30.4 Å². The molecule has 0 unspecified atom stereocenters. The fraction of sp³-hybridized carbons (Fsp3) is 0.348. The predicted octanol–water partition coefficient (Wildman–Crippen LogP) is 1.64. The lowest BCUT2D eigenvalue weighted by molar-refractivity contribution is -0.199. The van der Waals surface area contributed by atoms with E-state index in [1.165, 1.54) is 24.1 Å². The molecule has 0 spiro atoms. The van der Waals surface area contributed by atoms with Crippen molar-refractivity contribution in [2.75, 3.05) is 26.8 Å². The molecule has 1 fully saturated rings. The lowest BCUT2D eigenvalue weighted by atomic mass is 10.1. The number of nitrogens with zero attached hydrogens (tertiary/aromatic N) is 2. The second kappa shape index (κ2) is 10.3. The van der Waals surface area contributed by atoms with E-state index < -0.39 is 18.2 Å². The van der Waals surface area contributed by atoms with Gasteiger partial charge in [-0.05, 0) is 30.7 Å². The van der Waals surface area contributed by atoms with Crippen LogP contribution in [0.15, 0.2) is 36.4 Å². The smallest absolute Gasteiger partial charge is 0.269 e. The molecule has 2 N–H and O–H groups in total. The molecular formula is C23H23ClN4O6. The molecule has 3 heterocycles.